The van der Waals surface area contributed by atoms with Crippen molar-refractivity contribution < 1.29 is 19.1 Å². The van der Waals surface area contributed by atoms with E-state index < -0.39 is 5.97 Å². The highest BCUT2D eigenvalue weighted by Gasteiger charge is 2.13. The molecular weight excluding hydrogens is 306 g/mol. The Bertz CT molecular complexity index is 781. The summed E-state index contributed by atoms with van der Waals surface area (Å²) in [6, 6.07) is 13.1. The normalized spacial score (nSPS) is 10.5. The number of para-hydroxylation sites is 2. The Morgan fingerprint density at radius 2 is 1.71 bits per heavy atom. The van der Waals surface area contributed by atoms with E-state index >= 15 is 0 Å². The van der Waals surface area contributed by atoms with Gasteiger partial charge in [-0.2, -0.15) is 0 Å². The van der Waals surface area contributed by atoms with Crippen molar-refractivity contribution in [3.05, 3.63) is 54.1 Å². The van der Waals surface area contributed by atoms with Crippen LogP contribution in [-0.4, -0.2) is 26.1 Å². The van der Waals surface area contributed by atoms with Gasteiger partial charge < -0.3 is 14.8 Å². The minimum atomic E-state index is -0.466. The zero-order chi connectivity index (χ0) is 17.5. The van der Waals surface area contributed by atoms with E-state index in [0.717, 1.165) is 11.1 Å². The summed E-state index contributed by atoms with van der Waals surface area (Å²) in [5.74, 6) is 0.0229. The van der Waals surface area contributed by atoms with Crippen LogP contribution in [0.25, 0.3) is 17.2 Å². The van der Waals surface area contributed by atoms with Gasteiger partial charge in [0.05, 0.1) is 19.9 Å². The van der Waals surface area contributed by atoms with Gasteiger partial charge >= 0.3 is 5.97 Å². The van der Waals surface area contributed by atoms with Gasteiger partial charge in [-0.3, -0.25) is 4.79 Å². The summed E-state index contributed by atoms with van der Waals surface area (Å²) in [5.41, 5.74) is 2.94. The number of amides is 1. The predicted octanol–water partition coefficient (Wildman–Crippen LogP) is 3.51. The molecule has 0 spiro atoms. The first-order valence-electron chi connectivity index (χ1n) is 7.37. The molecule has 0 atom stereocenters. The van der Waals surface area contributed by atoms with Crippen LogP contribution in [0.2, 0.25) is 0 Å². The predicted molar refractivity (Wildman–Crippen MR) is 93.8 cm³/mol. The van der Waals surface area contributed by atoms with Crippen LogP contribution < -0.4 is 10.1 Å². The van der Waals surface area contributed by atoms with Crippen molar-refractivity contribution in [1.82, 2.24) is 0 Å². The third kappa shape index (κ3) is 4.01. The zero-order valence-corrected chi connectivity index (χ0v) is 13.8. The molecule has 0 unspecified atom stereocenters. The maximum Gasteiger partial charge on any atom is 0.330 e. The number of hydrogen-bond acceptors (Lipinski definition) is 4. The third-order valence-electron chi connectivity index (χ3n) is 3.40. The first kappa shape index (κ1) is 17.3. The Kier molecular flexibility index (Phi) is 5.73. The molecule has 0 aliphatic rings. The molecule has 0 aliphatic heterocycles. The number of carbonyl (C=O) groups excluding carboxylic acids is 2. The number of carbonyl (C=O) groups is 2. The molecule has 24 heavy (non-hydrogen) atoms. The quantitative estimate of drug-likeness (QED) is 0.675. The molecule has 124 valence electrons. The largest absolute Gasteiger partial charge is 0.496 e. The fraction of sp³-hybridized carbons (Fsp3) is 0.158. The van der Waals surface area contributed by atoms with Crippen LogP contribution in [0.3, 0.4) is 0 Å². The number of esters is 1. The molecule has 1 amide bonds. The second-order valence-corrected chi connectivity index (χ2v) is 5.01. The number of nitrogens with one attached hydrogen (secondary N) is 1. The summed E-state index contributed by atoms with van der Waals surface area (Å²) >= 11 is 0. The number of hydrogen-bond donors (Lipinski definition) is 1. The van der Waals surface area contributed by atoms with Crippen molar-refractivity contribution in [2.45, 2.75) is 6.92 Å². The summed E-state index contributed by atoms with van der Waals surface area (Å²) in [4.78, 5) is 23.0. The molecule has 5 heteroatoms. The Labute approximate surface area is 140 Å². The summed E-state index contributed by atoms with van der Waals surface area (Å²) in [6.07, 6.45) is 2.92. The average Bonchev–Trinajstić information content (AvgIpc) is 2.60. The monoisotopic (exact) mass is 325 g/mol. The van der Waals surface area contributed by atoms with Gasteiger partial charge in [-0.1, -0.05) is 36.4 Å². The lowest BCUT2D eigenvalue weighted by Gasteiger charge is -2.15. The van der Waals surface area contributed by atoms with Gasteiger partial charge in [0.25, 0.3) is 0 Å². The van der Waals surface area contributed by atoms with Gasteiger partial charge in [-0.25, -0.2) is 4.79 Å². The van der Waals surface area contributed by atoms with E-state index in [-0.39, 0.29) is 5.91 Å². The lowest BCUT2D eigenvalue weighted by Crippen LogP contribution is -2.09. The van der Waals surface area contributed by atoms with Crippen LogP contribution in [0.4, 0.5) is 5.69 Å². The van der Waals surface area contributed by atoms with E-state index in [9.17, 15) is 9.59 Å². The Balaban J connectivity index is 2.61. The number of methoxy groups -OCH3 is 2. The Morgan fingerprint density at radius 1 is 1.00 bits per heavy atom. The maximum atomic E-state index is 11.6. The molecule has 0 aromatic heterocycles. The minimum Gasteiger partial charge on any atom is -0.496 e. The SMILES string of the molecule is COC(=O)/C=C/c1cccc(-c2ccccc2OC)c1NC(C)=O. The molecule has 0 saturated heterocycles. The number of ether oxygens (including phenoxy) is 2. The molecule has 2 aromatic rings. The molecule has 0 bridgehead atoms. The van der Waals surface area contributed by atoms with Crippen LogP contribution in [0, 0.1) is 0 Å². The van der Waals surface area contributed by atoms with Crippen molar-refractivity contribution in [2.75, 3.05) is 19.5 Å². The summed E-state index contributed by atoms with van der Waals surface area (Å²) < 4.78 is 10.0. The van der Waals surface area contributed by atoms with E-state index in [1.807, 2.05) is 42.5 Å². The van der Waals surface area contributed by atoms with Crippen molar-refractivity contribution in [3.8, 4) is 16.9 Å². The van der Waals surface area contributed by atoms with E-state index in [1.54, 1.807) is 13.2 Å². The summed E-state index contributed by atoms with van der Waals surface area (Å²) in [5, 5.41) is 2.84. The Hall–Kier alpha value is -3.08. The smallest absolute Gasteiger partial charge is 0.330 e. The molecule has 0 heterocycles. The molecule has 5 nitrogen and oxygen atoms in total. The van der Waals surface area contributed by atoms with Gasteiger partial charge in [0, 0.05) is 24.1 Å². The molecule has 2 rings (SSSR count). The highest BCUT2D eigenvalue weighted by Crippen LogP contribution is 2.37. The lowest BCUT2D eigenvalue weighted by atomic mass is 9.98. The fourth-order valence-corrected chi connectivity index (χ4v) is 2.34. The van der Waals surface area contributed by atoms with E-state index in [1.165, 1.54) is 20.1 Å². The number of benzene rings is 2. The van der Waals surface area contributed by atoms with Gasteiger partial charge in [-0.05, 0) is 17.7 Å². The van der Waals surface area contributed by atoms with Crippen LogP contribution in [0.1, 0.15) is 12.5 Å². The van der Waals surface area contributed by atoms with Crippen molar-refractivity contribution in [1.29, 1.82) is 0 Å². The van der Waals surface area contributed by atoms with Gasteiger partial charge in [-0.15, -0.1) is 0 Å². The second kappa shape index (κ2) is 7.97. The maximum absolute atomic E-state index is 11.6. The van der Waals surface area contributed by atoms with E-state index in [2.05, 4.69) is 10.1 Å². The standard InChI is InChI=1S/C19H19NO4/c1-13(21)20-19-14(11-12-18(22)24-3)7-6-9-16(19)15-8-4-5-10-17(15)23-2/h4-12H,1-3H3,(H,20,21)/b12-11+. The third-order valence-corrected chi connectivity index (χ3v) is 3.40. The molecule has 0 radical (unpaired) electrons. The van der Waals surface area contributed by atoms with Crippen LogP contribution in [0.15, 0.2) is 48.5 Å². The van der Waals surface area contributed by atoms with Gasteiger partial charge in [0.1, 0.15) is 5.75 Å². The number of anilines is 1. The first-order chi connectivity index (χ1) is 11.6. The minimum absolute atomic E-state index is 0.204. The van der Waals surface area contributed by atoms with Crippen LogP contribution in [0.5, 0.6) is 5.75 Å². The lowest BCUT2D eigenvalue weighted by molar-refractivity contribution is -0.134. The second-order valence-electron chi connectivity index (χ2n) is 5.01. The highest BCUT2D eigenvalue weighted by atomic mass is 16.5. The molecule has 0 fully saturated rings. The molecule has 0 saturated carbocycles. The van der Waals surface area contributed by atoms with E-state index in [0.29, 0.717) is 17.0 Å². The highest BCUT2D eigenvalue weighted by molar-refractivity contribution is 5.99. The summed E-state index contributed by atoms with van der Waals surface area (Å²) in [6.45, 7) is 1.44. The Morgan fingerprint density at radius 3 is 2.38 bits per heavy atom. The molecular formula is C19H19NO4. The molecule has 1 N–H and O–H groups in total. The van der Waals surface area contributed by atoms with Crippen molar-refractivity contribution in [2.24, 2.45) is 0 Å². The topological polar surface area (TPSA) is 64.6 Å². The first-order valence-corrected chi connectivity index (χ1v) is 7.37. The van der Waals surface area contributed by atoms with Crippen molar-refractivity contribution >= 4 is 23.6 Å². The summed E-state index contributed by atoms with van der Waals surface area (Å²) in [7, 11) is 2.91. The van der Waals surface area contributed by atoms with Crippen LogP contribution >= 0.6 is 0 Å². The molecule has 0 aliphatic carbocycles. The van der Waals surface area contributed by atoms with Crippen molar-refractivity contribution in [3.63, 3.8) is 0 Å². The molecule has 2 aromatic carbocycles. The van der Waals surface area contributed by atoms with Gasteiger partial charge in [0.15, 0.2) is 0 Å². The average molecular weight is 325 g/mol. The number of rotatable bonds is 5. The zero-order valence-electron chi connectivity index (χ0n) is 13.8. The van der Waals surface area contributed by atoms with Gasteiger partial charge in [0.2, 0.25) is 5.91 Å². The fourth-order valence-electron chi connectivity index (χ4n) is 2.34. The van der Waals surface area contributed by atoms with E-state index in [4.69, 9.17) is 4.74 Å². The van der Waals surface area contributed by atoms with Crippen LogP contribution in [-0.2, 0) is 14.3 Å².